The van der Waals surface area contributed by atoms with Gasteiger partial charge in [-0.25, -0.2) is 4.68 Å². The Kier molecular flexibility index (Phi) is 3.61. The summed E-state index contributed by atoms with van der Waals surface area (Å²) in [6.07, 6.45) is 4.58. The van der Waals surface area contributed by atoms with E-state index < -0.39 is 0 Å². The third-order valence-corrected chi connectivity index (χ3v) is 1.61. The van der Waals surface area contributed by atoms with Crippen LogP contribution in [-0.2, 0) is 4.79 Å². The van der Waals surface area contributed by atoms with Gasteiger partial charge in [0.15, 0.2) is 5.78 Å². The number of nitrogens with one attached hydrogen (secondary N) is 2. The molecule has 6 heteroatoms. The molecule has 0 aromatic carbocycles. The first kappa shape index (κ1) is 11.0. The first-order valence-corrected chi connectivity index (χ1v) is 4.31. The van der Waals surface area contributed by atoms with Crippen LogP contribution in [0.1, 0.15) is 11.7 Å². The topological polar surface area (TPSA) is 84.0 Å². The fourth-order valence-electron chi connectivity index (χ4n) is 0.889. The van der Waals surface area contributed by atoms with Gasteiger partial charge in [0, 0.05) is 25.4 Å². The number of hydrogen-bond acceptors (Lipinski definition) is 4. The highest BCUT2D eigenvalue weighted by Gasteiger charge is 1.97. The molecule has 0 aliphatic carbocycles. The molecule has 1 aromatic rings. The summed E-state index contributed by atoms with van der Waals surface area (Å²) in [7, 11) is 0. The lowest BCUT2D eigenvalue weighted by Crippen LogP contribution is -2.10. The Morgan fingerprint density at radius 1 is 1.47 bits per heavy atom. The Morgan fingerprint density at radius 3 is 2.40 bits per heavy atom. The molecule has 80 valence electrons. The van der Waals surface area contributed by atoms with Crippen LogP contribution in [0.15, 0.2) is 29.3 Å². The molecule has 2 N–H and O–H groups in total. The number of rotatable bonds is 0. The molecule has 0 atom stereocenters. The van der Waals surface area contributed by atoms with Crippen molar-refractivity contribution in [2.24, 2.45) is 0 Å². The molecule has 1 aliphatic heterocycles. The molecule has 15 heavy (non-hydrogen) atoms. The van der Waals surface area contributed by atoms with E-state index in [9.17, 15) is 14.4 Å². The second kappa shape index (κ2) is 4.94. The molecule has 2 heterocycles. The number of nitrogens with zero attached hydrogens (tertiary/aromatic N) is 1. The molecule has 0 fully saturated rings. The van der Waals surface area contributed by atoms with Crippen LogP contribution < -0.4 is 10.9 Å². The van der Waals surface area contributed by atoms with E-state index in [0.717, 1.165) is 4.68 Å². The van der Waals surface area contributed by atoms with Gasteiger partial charge in [-0.05, 0) is 6.08 Å². The van der Waals surface area contributed by atoms with Crippen LogP contribution >= 0.6 is 0 Å². The first-order valence-electron chi connectivity index (χ1n) is 4.31. The second-order valence-corrected chi connectivity index (χ2v) is 2.86. The summed E-state index contributed by atoms with van der Waals surface area (Å²) in [6, 6.07) is 1.29. The van der Waals surface area contributed by atoms with Crippen LogP contribution in [0.4, 0.5) is 0 Å². The highest BCUT2D eigenvalue weighted by atomic mass is 16.2. The second-order valence-electron chi connectivity index (χ2n) is 2.86. The van der Waals surface area contributed by atoms with Gasteiger partial charge < -0.3 is 5.32 Å². The van der Waals surface area contributed by atoms with Crippen molar-refractivity contribution in [3.05, 3.63) is 34.9 Å². The van der Waals surface area contributed by atoms with Crippen molar-refractivity contribution in [1.82, 2.24) is 15.1 Å². The average molecular weight is 209 g/mol. The van der Waals surface area contributed by atoms with E-state index in [2.05, 4.69) is 10.4 Å². The molecular formula is C9H11N3O3. The van der Waals surface area contributed by atoms with Crippen molar-refractivity contribution in [3.8, 4) is 0 Å². The van der Waals surface area contributed by atoms with Gasteiger partial charge in [0.05, 0.1) is 6.54 Å². The number of ketones is 1. The largest absolute Gasteiger partial charge is 0.383 e. The van der Waals surface area contributed by atoms with Gasteiger partial charge >= 0.3 is 0 Å². The Balaban J connectivity index is 0.000000162. The minimum absolute atomic E-state index is 0.162. The first-order chi connectivity index (χ1) is 7.09. The smallest absolute Gasteiger partial charge is 0.264 e. The highest BCUT2D eigenvalue weighted by molar-refractivity contribution is 5.93. The van der Waals surface area contributed by atoms with E-state index in [1.54, 1.807) is 6.20 Å². The SMILES string of the molecule is CC(=O)n1ccc(=O)[nH]1.O=C1C=CNC1. The van der Waals surface area contributed by atoms with Gasteiger partial charge in [-0.2, -0.15) is 0 Å². The van der Waals surface area contributed by atoms with E-state index in [0.29, 0.717) is 6.54 Å². The fraction of sp³-hybridized carbons (Fsp3) is 0.222. The molecule has 6 nitrogen and oxygen atoms in total. The van der Waals surface area contributed by atoms with E-state index in [-0.39, 0.29) is 17.2 Å². The number of aromatic amines is 1. The molecule has 1 aromatic heterocycles. The molecule has 1 aliphatic rings. The van der Waals surface area contributed by atoms with Crippen LogP contribution in [0, 0.1) is 0 Å². The summed E-state index contributed by atoms with van der Waals surface area (Å²) in [5.41, 5.74) is -0.259. The maximum atomic E-state index is 10.5. The number of hydrogen-bond donors (Lipinski definition) is 2. The lowest BCUT2D eigenvalue weighted by molar-refractivity contribution is -0.113. The van der Waals surface area contributed by atoms with Crippen molar-refractivity contribution < 1.29 is 9.59 Å². The lowest BCUT2D eigenvalue weighted by Gasteiger charge is -1.89. The van der Waals surface area contributed by atoms with Crippen molar-refractivity contribution >= 4 is 11.7 Å². The van der Waals surface area contributed by atoms with E-state index in [1.807, 2.05) is 0 Å². The Labute approximate surface area is 85.6 Å². The van der Waals surface area contributed by atoms with Crippen molar-refractivity contribution in [1.29, 1.82) is 0 Å². The van der Waals surface area contributed by atoms with E-state index >= 15 is 0 Å². The average Bonchev–Trinajstić information content (AvgIpc) is 2.77. The normalized spacial score (nSPS) is 13.0. The van der Waals surface area contributed by atoms with Gasteiger partial charge in [-0.15, -0.1) is 0 Å². The zero-order valence-electron chi connectivity index (χ0n) is 8.19. The summed E-state index contributed by atoms with van der Waals surface area (Å²) in [5, 5.41) is 5.03. The van der Waals surface area contributed by atoms with Crippen LogP contribution in [-0.4, -0.2) is 28.0 Å². The summed E-state index contributed by atoms with van der Waals surface area (Å²) in [4.78, 5) is 30.9. The van der Waals surface area contributed by atoms with Crippen LogP contribution in [0.3, 0.4) is 0 Å². The summed E-state index contributed by atoms with van der Waals surface area (Å²) >= 11 is 0. The molecule has 0 unspecified atom stereocenters. The quantitative estimate of drug-likeness (QED) is 0.603. The maximum absolute atomic E-state index is 10.5. The molecule has 0 saturated carbocycles. The summed E-state index contributed by atoms with van der Waals surface area (Å²) in [5.74, 6) is -0.0351. The molecule has 0 spiro atoms. The highest BCUT2D eigenvalue weighted by Crippen LogP contribution is 1.79. The van der Waals surface area contributed by atoms with Crippen LogP contribution in [0.5, 0.6) is 0 Å². The van der Waals surface area contributed by atoms with Crippen molar-refractivity contribution in [2.45, 2.75) is 6.92 Å². The Bertz CT molecular complexity index is 441. The van der Waals surface area contributed by atoms with Crippen molar-refractivity contribution in [3.63, 3.8) is 0 Å². The number of carbonyl (C=O) groups excluding carboxylic acids is 2. The molecule has 2 rings (SSSR count). The number of carbonyl (C=O) groups is 2. The third kappa shape index (κ3) is 3.63. The monoisotopic (exact) mass is 209 g/mol. The summed E-state index contributed by atoms with van der Waals surface area (Å²) in [6.45, 7) is 1.86. The predicted octanol–water partition coefficient (Wildman–Crippen LogP) is -0.491. The number of aromatic nitrogens is 2. The van der Waals surface area contributed by atoms with Gasteiger partial charge in [0.2, 0.25) is 5.91 Å². The van der Waals surface area contributed by atoms with Gasteiger partial charge in [0.1, 0.15) is 0 Å². The molecule has 0 saturated heterocycles. The summed E-state index contributed by atoms with van der Waals surface area (Å²) < 4.78 is 1.13. The molecule has 0 radical (unpaired) electrons. The fourth-order valence-corrected chi connectivity index (χ4v) is 0.889. The maximum Gasteiger partial charge on any atom is 0.264 e. The number of H-pyrrole nitrogens is 1. The minimum Gasteiger partial charge on any atom is -0.383 e. The van der Waals surface area contributed by atoms with E-state index in [4.69, 9.17) is 0 Å². The van der Waals surface area contributed by atoms with E-state index in [1.165, 1.54) is 25.3 Å². The minimum atomic E-state index is -0.259. The van der Waals surface area contributed by atoms with Gasteiger partial charge in [-0.1, -0.05) is 0 Å². The zero-order valence-corrected chi connectivity index (χ0v) is 8.19. The van der Waals surface area contributed by atoms with Gasteiger partial charge in [0.25, 0.3) is 5.56 Å². The molecule has 0 bridgehead atoms. The third-order valence-electron chi connectivity index (χ3n) is 1.61. The Hall–Kier alpha value is -2.11. The zero-order chi connectivity index (χ0) is 11.3. The predicted molar refractivity (Wildman–Crippen MR) is 53.5 cm³/mol. The van der Waals surface area contributed by atoms with Crippen LogP contribution in [0.25, 0.3) is 0 Å². The standard InChI is InChI=1S/C5H6N2O2.C4H5NO/c1-4(8)7-3-2-5(9)6-7;6-4-1-2-5-3-4/h2-3H,1H3,(H,6,9);1-2,5H,3H2. The molecular weight excluding hydrogens is 198 g/mol. The lowest BCUT2D eigenvalue weighted by atomic mass is 10.4. The Morgan fingerprint density at radius 2 is 2.20 bits per heavy atom. The molecule has 0 amide bonds. The van der Waals surface area contributed by atoms with Crippen LogP contribution in [0.2, 0.25) is 0 Å². The van der Waals surface area contributed by atoms with Gasteiger partial charge in [-0.3, -0.25) is 19.5 Å². The van der Waals surface area contributed by atoms with Crippen molar-refractivity contribution in [2.75, 3.05) is 6.54 Å².